The molecule has 2 aliphatic heterocycles. The fourth-order valence-electron chi connectivity index (χ4n) is 2.61. The molecule has 3 nitrogen and oxygen atoms in total. The molecule has 3 rings (SSSR count). The van der Waals surface area contributed by atoms with Gasteiger partial charge in [0.15, 0.2) is 5.17 Å². The third kappa shape index (κ3) is 3.35. The van der Waals surface area contributed by atoms with Gasteiger partial charge in [0.05, 0.1) is 4.91 Å². The van der Waals surface area contributed by atoms with Gasteiger partial charge in [-0.15, -0.1) is 0 Å². The molecule has 0 saturated carbocycles. The number of carbonyl (C=O) groups is 1. The summed E-state index contributed by atoms with van der Waals surface area (Å²) in [5, 5.41) is 0.805. The molecule has 0 aromatic heterocycles. The van der Waals surface area contributed by atoms with Gasteiger partial charge >= 0.3 is 0 Å². The summed E-state index contributed by atoms with van der Waals surface area (Å²) < 4.78 is 12.9. The molecule has 1 atom stereocenters. The van der Waals surface area contributed by atoms with E-state index < -0.39 is 0 Å². The lowest BCUT2D eigenvalue weighted by Gasteiger charge is -2.31. The second-order valence-corrected chi connectivity index (χ2v) is 6.56. The van der Waals surface area contributed by atoms with Crippen LogP contribution in [0.3, 0.4) is 0 Å². The van der Waals surface area contributed by atoms with E-state index >= 15 is 0 Å². The number of amidine groups is 1. The van der Waals surface area contributed by atoms with Crippen molar-refractivity contribution in [2.24, 2.45) is 10.9 Å². The quantitative estimate of drug-likeness (QED) is 0.744. The van der Waals surface area contributed by atoms with Crippen LogP contribution in [0.5, 0.6) is 0 Å². The van der Waals surface area contributed by atoms with E-state index in [9.17, 15) is 9.18 Å². The fourth-order valence-corrected chi connectivity index (χ4v) is 3.55. The highest BCUT2D eigenvalue weighted by atomic mass is 32.2. The first-order chi connectivity index (χ1) is 10.1. The van der Waals surface area contributed by atoms with Crippen LogP contribution in [0.2, 0.25) is 0 Å². The summed E-state index contributed by atoms with van der Waals surface area (Å²) in [5.41, 5.74) is 0.815. The predicted molar refractivity (Wildman–Crippen MR) is 84.4 cm³/mol. The molecule has 0 unspecified atom stereocenters. The highest BCUT2D eigenvalue weighted by Crippen LogP contribution is 2.32. The van der Waals surface area contributed by atoms with Crippen LogP contribution in [-0.4, -0.2) is 29.1 Å². The number of benzene rings is 1. The number of rotatable bonds is 1. The van der Waals surface area contributed by atoms with Gasteiger partial charge in [-0.1, -0.05) is 19.1 Å². The maximum Gasteiger partial charge on any atom is 0.286 e. The lowest BCUT2D eigenvalue weighted by Crippen LogP contribution is -2.37. The van der Waals surface area contributed by atoms with Crippen molar-refractivity contribution < 1.29 is 9.18 Å². The summed E-state index contributed by atoms with van der Waals surface area (Å²) in [4.78, 5) is 19.0. The molecule has 5 heteroatoms. The van der Waals surface area contributed by atoms with Crippen LogP contribution in [-0.2, 0) is 4.79 Å². The van der Waals surface area contributed by atoms with Gasteiger partial charge in [0.1, 0.15) is 5.82 Å². The third-order valence-electron chi connectivity index (χ3n) is 3.70. The molecule has 1 aromatic carbocycles. The Balaban J connectivity index is 1.73. The van der Waals surface area contributed by atoms with Crippen molar-refractivity contribution in [3.63, 3.8) is 0 Å². The largest absolute Gasteiger partial charge is 0.351 e. The van der Waals surface area contributed by atoms with Gasteiger partial charge in [-0.2, -0.15) is 4.99 Å². The maximum absolute atomic E-state index is 12.9. The molecular weight excluding hydrogens is 287 g/mol. The zero-order chi connectivity index (χ0) is 14.8. The molecule has 0 radical (unpaired) electrons. The molecule has 1 fully saturated rings. The summed E-state index contributed by atoms with van der Waals surface area (Å²) in [6, 6.07) is 6.11. The molecule has 0 N–H and O–H groups in total. The Morgan fingerprint density at radius 3 is 2.86 bits per heavy atom. The normalized spacial score (nSPS) is 24.6. The van der Waals surface area contributed by atoms with E-state index in [2.05, 4.69) is 16.8 Å². The van der Waals surface area contributed by atoms with Crippen LogP contribution in [0.4, 0.5) is 4.39 Å². The van der Waals surface area contributed by atoms with Crippen molar-refractivity contribution in [3.05, 3.63) is 40.6 Å². The topological polar surface area (TPSA) is 32.7 Å². The van der Waals surface area contributed by atoms with E-state index in [4.69, 9.17) is 0 Å². The van der Waals surface area contributed by atoms with E-state index in [-0.39, 0.29) is 11.7 Å². The molecule has 110 valence electrons. The lowest BCUT2D eigenvalue weighted by molar-refractivity contribution is -0.113. The lowest BCUT2D eigenvalue weighted by atomic mass is 10.0. The molecule has 1 aromatic rings. The first-order valence-corrected chi connectivity index (χ1v) is 7.96. The minimum Gasteiger partial charge on any atom is -0.351 e. The van der Waals surface area contributed by atoms with Crippen LogP contribution >= 0.6 is 11.8 Å². The number of nitrogens with zero attached hydrogens (tertiary/aromatic N) is 2. The van der Waals surface area contributed by atoms with Crippen LogP contribution in [0.1, 0.15) is 25.3 Å². The molecule has 1 saturated heterocycles. The smallest absolute Gasteiger partial charge is 0.286 e. The summed E-state index contributed by atoms with van der Waals surface area (Å²) in [7, 11) is 0. The molecule has 0 bridgehead atoms. The number of piperidine rings is 1. The van der Waals surface area contributed by atoms with Crippen LogP contribution < -0.4 is 0 Å². The van der Waals surface area contributed by atoms with Gasteiger partial charge in [0.25, 0.3) is 5.91 Å². The number of amides is 1. The van der Waals surface area contributed by atoms with Crippen LogP contribution in [0.25, 0.3) is 6.08 Å². The number of aliphatic imine (C=N–C) groups is 1. The summed E-state index contributed by atoms with van der Waals surface area (Å²) in [5.74, 6) is 0.168. The van der Waals surface area contributed by atoms with E-state index in [0.717, 1.165) is 30.2 Å². The van der Waals surface area contributed by atoms with Crippen molar-refractivity contribution in [1.29, 1.82) is 0 Å². The van der Waals surface area contributed by atoms with Gasteiger partial charge < -0.3 is 4.90 Å². The predicted octanol–water partition coefficient (Wildman–Crippen LogP) is 3.53. The number of likely N-dealkylation sites (tertiary alicyclic amines) is 1. The van der Waals surface area contributed by atoms with E-state index in [1.165, 1.54) is 30.3 Å². The van der Waals surface area contributed by atoms with Crippen LogP contribution in [0, 0.1) is 11.7 Å². The first kappa shape index (κ1) is 14.3. The number of hydrogen-bond acceptors (Lipinski definition) is 3. The van der Waals surface area contributed by atoms with Gasteiger partial charge in [0.2, 0.25) is 0 Å². The second-order valence-electron chi connectivity index (χ2n) is 5.56. The Morgan fingerprint density at radius 2 is 2.14 bits per heavy atom. The molecule has 2 aliphatic rings. The van der Waals surface area contributed by atoms with Crippen molar-refractivity contribution in [1.82, 2.24) is 4.90 Å². The van der Waals surface area contributed by atoms with Crippen molar-refractivity contribution >= 4 is 28.9 Å². The third-order valence-corrected chi connectivity index (χ3v) is 4.75. The number of carbonyl (C=O) groups excluding carboxylic acids is 1. The van der Waals surface area contributed by atoms with Crippen molar-refractivity contribution in [3.8, 4) is 0 Å². The van der Waals surface area contributed by atoms with Gasteiger partial charge in [0, 0.05) is 13.1 Å². The number of halogens is 1. The van der Waals surface area contributed by atoms with E-state index in [1.807, 2.05) is 0 Å². The van der Waals surface area contributed by atoms with E-state index in [1.54, 1.807) is 18.2 Å². The number of hydrogen-bond donors (Lipinski definition) is 0. The second kappa shape index (κ2) is 6.02. The molecule has 1 amide bonds. The highest BCUT2D eigenvalue weighted by molar-refractivity contribution is 8.18. The van der Waals surface area contributed by atoms with Crippen molar-refractivity contribution in [2.45, 2.75) is 19.8 Å². The monoisotopic (exact) mass is 304 g/mol. The molecule has 21 heavy (non-hydrogen) atoms. The molecule has 2 heterocycles. The first-order valence-electron chi connectivity index (χ1n) is 7.15. The zero-order valence-corrected chi connectivity index (χ0v) is 12.7. The van der Waals surface area contributed by atoms with Gasteiger partial charge in [-0.3, -0.25) is 4.79 Å². The Kier molecular flexibility index (Phi) is 4.10. The van der Waals surface area contributed by atoms with Crippen LogP contribution in [0.15, 0.2) is 34.2 Å². The summed E-state index contributed by atoms with van der Waals surface area (Å²) in [6.45, 7) is 4.15. The Hall–Kier alpha value is -1.62. The highest BCUT2D eigenvalue weighted by Gasteiger charge is 2.28. The summed E-state index contributed by atoms with van der Waals surface area (Å²) in [6.07, 6.45) is 4.16. The Bertz CT molecular complexity index is 609. The SMILES string of the molecule is C[C@H]1CCCN(C2=NC(=O)/C(=C/c3ccc(F)cc3)S2)C1. The average Bonchev–Trinajstić information content (AvgIpc) is 2.83. The Labute approximate surface area is 127 Å². The summed E-state index contributed by atoms with van der Waals surface area (Å²) >= 11 is 1.42. The Morgan fingerprint density at radius 1 is 1.38 bits per heavy atom. The molecule has 0 aliphatic carbocycles. The van der Waals surface area contributed by atoms with Gasteiger partial charge in [-0.25, -0.2) is 4.39 Å². The maximum atomic E-state index is 12.9. The van der Waals surface area contributed by atoms with Gasteiger partial charge in [-0.05, 0) is 54.3 Å². The molecular formula is C16H17FN2OS. The minimum atomic E-state index is -0.276. The zero-order valence-electron chi connectivity index (χ0n) is 11.9. The molecule has 0 spiro atoms. The van der Waals surface area contributed by atoms with Crippen molar-refractivity contribution in [2.75, 3.05) is 13.1 Å². The standard InChI is InChI=1S/C16H17FN2OS/c1-11-3-2-8-19(10-11)16-18-15(20)14(21-16)9-12-4-6-13(17)7-5-12/h4-7,9,11H,2-3,8,10H2,1H3/b14-9-/t11-/m0/s1. The van der Waals surface area contributed by atoms with E-state index in [0.29, 0.717) is 10.8 Å². The number of thioether (sulfide) groups is 1. The minimum absolute atomic E-state index is 0.197. The fraction of sp³-hybridized carbons (Fsp3) is 0.375. The average molecular weight is 304 g/mol.